The third-order valence-electron chi connectivity index (χ3n) is 4.01. The van der Waals surface area contributed by atoms with Crippen molar-refractivity contribution in [2.45, 2.75) is 31.9 Å². The number of nitrogens with zero attached hydrogens (tertiary/aromatic N) is 2. The molecule has 1 atom stereocenters. The minimum Gasteiger partial charge on any atom is -0.493 e. The zero-order chi connectivity index (χ0) is 16.8. The number of aromatic nitrogens is 1. The van der Waals surface area contributed by atoms with E-state index in [1.54, 1.807) is 17.3 Å². The topological polar surface area (TPSA) is 54.7 Å². The van der Waals surface area contributed by atoms with E-state index in [0.717, 1.165) is 29.8 Å². The lowest BCUT2D eigenvalue weighted by atomic mass is 10.0. The summed E-state index contributed by atoms with van der Waals surface area (Å²) in [5.41, 5.74) is 4.12. The maximum Gasteiger partial charge on any atom is 0.169 e. The van der Waals surface area contributed by atoms with E-state index >= 15 is 0 Å². The highest BCUT2D eigenvalue weighted by Gasteiger charge is 2.28. The number of benzene rings is 1. The van der Waals surface area contributed by atoms with Crippen LogP contribution in [0, 0.1) is 0 Å². The molecule has 24 heavy (non-hydrogen) atoms. The van der Waals surface area contributed by atoms with E-state index in [4.69, 9.17) is 4.74 Å². The SMILES string of the molecule is CCc1ccc(CCOc2ccc(CC3(O)CSC=N3)cc2)nc1. The minimum absolute atomic E-state index is 0.532. The predicted octanol–water partition coefficient (Wildman–Crippen LogP) is 3.27. The Morgan fingerprint density at radius 3 is 2.58 bits per heavy atom. The van der Waals surface area contributed by atoms with Crippen LogP contribution < -0.4 is 4.74 Å². The van der Waals surface area contributed by atoms with Gasteiger partial charge in [-0.2, -0.15) is 0 Å². The predicted molar refractivity (Wildman–Crippen MR) is 98.9 cm³/mol. The molecule has 0 saturated carbocycles. The van der Waals surface area contributed by atoms with E-state index in [1.165, 1.54) is 5.56 Å². The van der Waals surface area contributed by atoms with Crippen LogP contribution in [0.25, 0.3) is 0 Å². The highest BCUT2D eigenvalue weighted by atomic mass is 32.2. The van der Waals surface area contributed by atoms with Gasteiger partial charge in [-0.1, -0.05) is 25.1 Å². The number of hydrogen-bond acceptors (Lipinski definition) is 5. The molecule has 0 bridgehead atoms. The maximum absolute atomic E-state index is 10.3. The second-order valence-corrected chi connectivity index (χ2v) is 6.79. The lowest BCUT2D eigenvalue weighted by molar-refractivity contribution is 0.0786. The van der Waals surface area contributed by atoms with Gasteiger partial charge in [-0.15, -0.1) is 11.8 Å². The van der Waals surface area contributed by atoms with Crippen LogP contribution in [0.2, 0.25) is 0 Å². The molecule has 3 rings (SSSR count). The number of aliphatic hydroxyl groups is 1. The molecule has 1 unspecified atom stereocenters. The monoisotopic (exact) mass is 342 g/mol. The van der Waals surface area contributed by atoms with Crippen LogP contribution in [0.1, 0.15) is 23.7 Å². The number of hydrogen-bond donors (Lipinski definition) is 1. The van der Waals surface area contributed by atoms with Crippen LogP contribution in [-0.4, -0.2) is 33.7 Å². The molecular formula is C19H22N2O2S. The highest BCUT2D eigenvalue weighted by Crippen LogP contribution is 2.25. The second-order valence-electron chi connectivity index (χ2n) is 5.96. The van der Waals surface area contributed by atoms with Gasteiger partial charge in [-0.3, -0.25) is 9.98 Å². The Labute approximate surface area is 147 Å². The Morgan fingerprint density at radius 2 is 1.96 bits per heavy atom. The first-order chi connectivity index (χ1) is 11.7. The molecule has 4 nitrogen and oxygen atoms in total. The fourth-order valence-electron chi connectivity index (χ4n) is 2.56. The molecule has 2 aromatic rings. The fourth-order valence-corrected chi connectivity index (χ4v) is 3.34. The summed E-state index contributed by atoms with van der Waals surface area (Å²) in [7, 11) is 0. The van der Waals surface area contributed by atoms with Crippen molar-refractivity contribution in [3.8, 4) is 5.75 Å². The quantitative estimate of drug-likeness (QED) is 0.839. The van der Waals surface area contributed by atoms with Gasteiger partial charge in [0.05, 0.1) is 12.2 Å². The normalized spacial score (nSPS) is 19.6. The highest BCUT2D eigenvalue weighted by molar-refractivity contribution is 8.12. The van der Waals surface area contributed by atoms with Crippen LogP contribution in [0.3, 0.4) is 0 Å². The number of thioether (sulfide) groups is 1. The van der Waals surface area contributed by atoms with E-state index in [9.17, 15) is 5.11 Å². The van der Waals surface area contributed by atoms with Crippen LogP contribution in [0.15, 0.2) is 47.6 Å². The van der Waals surface area contributed by atoms with Crippen molar-refractivity contribution < 1.29 is 9.84 Å². The first-order valence-corrected chi connectivity index (χ1v) is 9.25. The standard InChI is InChI=1S/C19H22N2O2S/c1-2-15-3-6-17(20-12-15)9-10-23-18-7-4-16(5-8-18)11-19(22)13-24-14-21-19/h3-8,12,14,22H,2,9-11,13H2,1H3. The Morgan fingerprint density at radius 1 is 1.17 bits per heavy atom. The van der Waals surface area contributed by atoms with E-state index in [0.29, 0.717) is 18.8 Å². The van der Waals surface area contributed by atoms with Crippen LogP contribution in [-0.2, 0) is 19.3 Å². The lowest BCUT2D eigenvalue weighted by Gasteiger charge is -2.18. The second kappa shape index (κ2) is 7.81. The van der Waals surface area contributed by atoms with Crippen molar-refractivity contribution in [2.24, 2.45) is 4.99 Å². The van der Waals surface area contributed by atoms with Crippen molar-refractivity contribution >= 4 is 17.3 Å². The van der Waals surface area contributed by atoms with Crippen molar-refractivity contribution in [3.05, 3.63) is 59.4 Å². The molecule has 5 heteroatoms. The van der Waals surface area contributed by atoms with Gasteiger partial charge in [-0.05, 0) is 35.7 Å². The minimum atomic E-state index is -0.955. The van der Waals surface area contributed by atoms with Gasteiger partial charge in [0.25, 0.3) is 0 Å². The van der Waals surface area contributed by atoms with Gasteiger partial charge >= 0.3 is 0 Å². The van der Waals surface area contributed by atoms with Crippen LogP contribution in [0.4, 0.5) is 0 Å². The summed E-state index contributed by atoms with van der Waals surface area (Å²) < 4.78 is 5.78. The van der Waals surface area contributed by atoms with E-state index in [1.807, 2.05) is 30.5 Å². The average molecular weight is 342 g/mol. The fraction of sp³-hybridized carbons (Fsp3) is 0.368. The van der Waals surface area contributed by atoms with Gasteiger partial charge < -0.3 is 9.84 Å². The van der Waals surface area contributed by atoms with Crippen LogP contribution >= 0.6 is 11.8 Å². The van der Waals surface area contributed by atoms with Gasteiger partial charge in [0, 0.05) is 30.5 Å². The van der Waals surface area contributed by atoms with E-state index in [2.05, 4.69) is 29.0 Å². The van der Waals surface area contributed by atoms with Crippen molar-refractivity contribution in [3.63, 3.8) is 0 Å². The first kappa shape index (κ1) is 17.0. The summed E-state index contributed by atoms with van der Waals surface area (Å²) >= 11 is 1.54. The summed E-state index contributed by atoms with van der Waals surface area (Å²) in [6, 6.07) is 12.0. The molecule has 0 amide bonds. The largest absolute Gasteiger partial charge is 0.493 e. The zero-order valence-corrected chi connectivity index (χ0v) is 14.6. The first-order valence-electron chi connectivity index (χ1n) is 8.20. The molecule has 1 aromatic heterocycles. The molecule has 126 valence electrons. The molecule has 1 N–H and O–H groups in total. The third kappa shape index (κ3) is 4.58. The Bertz CT molecular complexity index is 686. The molecule has 1 aromatic carbocycles. The molecule has 0 saturated heterocycles. The molecule has 1 aliphatic rings. The molecule has 0 radical (unpaired) electrons. The summed E-state index contributed by atoms with van der Waals surface area (Å²) in [5, 5.41) is 10.3. The molecule has 1 aliphatic heterocycles. The number of pyridine rings is 1. The Balaban J connectivity index is 1.48. The zero-order valence-electron chi connectivity index (χ0n) is 13.8. The maximum atomic E-state index is 10.3. The number of aliphatic imine (C=N–C) groups is 1. The summed E-state index contributed by atoms with van der Waals surface area (Å²) in [6.07, 6.45) is 4.26. The van der Waals surface area contributed by atoms with Crippen molar-refractivity contribution in [1.29, 1.82) is 0 Å². The molecule has 0 aliphatic carbocycles. The van der Waals surface area contributed by atoms with E-state index in [-0.39, 0.29) is 0 Å². The number of rotatable bonds is 7. The Hall–Kier alpha value is -1.85. The van der Waals surface area contributed by atoms with Crippen LogP contribution in [0.5, 0.6) is 5.75 Å². The van der Waals surface area contributed by atoms with Gasteiger partial charge in [0.1, 0.15) is 5.75 Å². The van der Waals surface area contributed by atoms with Crippen molar-refractivity contribution in [1.82, 2.24) is 4.98 Å². The van der Waals surface area contributed by atoms with Gasteiger partial charge in [0.15, 0.2) is 5.72 Å². The average Bonchev–Trinajstić information content (AvgIpc) is 3.03. The smallest absolute Gasteiger partial charge is 0.169 e. The number of aryl methyl sites for hydroxylation is 1. The molecule has 0 fully saturated rings. The van der Waals surface area contributed by atoms with E-state index < -0.39 is 5.72 Å². The van der Waals surface area contributed by atoms with Crippen molar-refractivity contribution in [2.75, 3.05) is 12.4 Å². The lowest BCUT2D eigenvalue weighted by Crippen LogP contribution is -2.29. The summed E-state index contributed by atoms with van der Waals surface area (Å²) in [4.78, 5) is 8.57. The molecule has 2 heterocycles. The summed E-state index contributed by atoms with van der Waals surface area (Å²) in [5.74, 6) is 1.45. The number of ether oxygens (including phenoxy) is 1. The molecular weight excluding hydrogens is 320 g/mol. The van der Waals surface area contributed by atoms with Gasteiger partial charge in [0.2, 0.25) is 0 Å². The third-order valence-corrected chi connectivity index (χ3v) is 4.90. The summed E-state index contributed by atoms with van der Waals surface area (Å²) in [6.45, 7) is 2.72. The Kier molecular flexibility index (Phi) is 5.53. The van der Waals surface area contributed by atoms with Gasteiger partial charge in [-0.25, -0.2) is 0 Å². The molecule has 0 spiro atoms.